The lowest BCUT2D eigenvalue weighted by atomic mass is 10.2. The molecule has 11 heteroatoms. The molecular formula is C15H20Cl2F3N3O2S. The van der Waals surface area contributed by atoms with Crippen molar-refractivity contribution in [3.05, 3.63) is 28.8 Å². The molecule has 0 aliphatic carbocycles. The van der Waals surface area contributed by atoms with Crippen LogP contribution in [0.15, 0.2) is 23.1 Å². The zero-order valence-corrected chi connectivity index (χ0v) is 16.2. The number of rotatable bonds is 3. The van der Waals surface area contributed by atoms with Crippen LogP contribution in [0.4, 0.5) is 13.2 Å². The van der Waals surface area contributed by atoms with E-state index in [1.165, 1.54) is 6.07 Å². The van der Waals surface area contributed by atoms with Gasteiger partial charge in [-0.3, -0.25) is 4.90 Å². The van der Waals surface area contributed by atoms with Gasteiger partial charge in [-0.2, -0.15) is 17.5 Å². The molecular weight excluding hydrogens is 414 g/mol. The number of halogens is 5. The molecule has 1 aromatic rings. The number of sulfonamides is 1. The van der Waals surface area contributed by atoms with Gasteiger partial charge in [-0.15, -0.1) is 12.4 Å². The first-order chi connectivity index (χ1) is 11.7. The van der Waals surface area contributed by atoms with Crippen LogP contribution in [0.25, 0.3) is 0 Å². The molecule has 1 aromatic carbocycles. The molecule has 3 rings (SSSR count). The summed E-state index contributed by atoms with van der Waals surface area (Å²) in [5.41, 5.74) is -1.22. The first kappa shape index (κ1) is 21.7. The summed E-state index contributed by atoms with van der Waals surface area (Å²) >= 11 is 5.86. The SMILES string of the molecule is Cl.O=S(=O)(c1c(Cl)cccc1C(F)(F)F)N1CCC(N2CCNCC2)C1. The summed E-state index contributed by atoms with van der Waals surface area (Å²) in [6.07, 6.45) is -4.18. The van der Waals surface area contributed by atoms with Gasteiger partial charge >= 0.3 is 6.18 Å². The Balaban J connectivity index is 0.00000243. The fourth-order valence-electron chi connectivity index (χ4n) is 3.40. The van der Waals surface area contributed by atoms with Crippen LogP contribution >= 0.6 is 24.0 Å². The van der Waals surface area contributed by atoms with Gasteiger partial charge in [0, 0.05) is 45.3 Å². The van der Waals surface area contributed by atoms with Gasteiger partial charge in [-0.1, -0.05) is 17.7 Å². The Morgan fingerprint density at radius 2 is 1.81 bits per heavy atom. The van der Waals surface area contributed by atoms with Crippen LogP contribution in [-0.4, -0.2) is 62.9 Å². The van der Waals surface area contributed by atoms with Gasteiger partial charge in [0.2, 0.25) is 10.0 Å². The number of benzene rings is 1. The third kappa shape index (κ3) is 4.28. The largest absolute Gasteiger partial charge is 0.417 e. The smallest absolute Gasteiger partial charge is 0.314 e. The molecule has 0 saturated carbocycles. The Morgan fingerprint density at radius 3 is 2.42 bits per heavy atom. The molecule has 2 fully saturated rings. The first-order valence-electron chi connectivity index (χ1n) is 8.02. The molecule has 26 heavy (non-hydrogen) atoms. The average molecular weight is 434 g/mol. The van der Waals surface area contributed by atoms with Crippen LogP contribution in [-0.2, 0) is 16.2 Å². The van der Waals surface area contributed by atoms with Gasteiger partial charge in [-0.25, -0.2) is 8.42 Å². The van der Waals surface area contributed by atoms with E-state index < -0.39 is 31.7 Å². The van der Waals surface area contributed by atoms with Crippen LogP contribution in [0.5, 0.6) is 0 Å². The highest BCUT2D eigenvalue weighted by Gasteiger charge is 2.43. The molecule has 2 aliphatic rings. The standard InChI is InChI=1S/C15H19ClF3N3O2S.ClH/c16-13-3-1-2-12(15(17,18)19)14(13)25(23,24)22-7-4-11(10-22)21-8-5-20-6-9-21;/h1-3,11,20H,4-10H2;1H. The summed E-state index contributed by atoms with van der Waals surface area (Å²) in [6, 6.07) is 3.06. The Bertz CT molecular complexity index is 740. The topological polar surface area (TPSA) is 52.7 Å². The van der Waals surface area contributed by atoms with Gasteiger partial charge in [0.1, 0.15) is 4.90 Å². The Labute approximate surface area is 161 Å². The van der Waals surface area contributed by atoms with Crippen molar-refractivity contribution in [2.75, 3.05) is 39.3 Å². The van der Waals surface area contributed by atoms with Crippen molar-refractivity contribution in [1.82, 2.24) is 14.5 Å². The van der Waals surface area contributed by atoms with E-state index >= 15 is 0 Å². The van der Waals surface area contributed by atoms with E-state index in [9.17, 15) is 21.6 Å². The number of hydrogen-bond donors (Lipinski definition) is 1. The summed E-state index contributed by atoms with van der Waals surface area (Å²) in [5, 5.41) is 2.82. The second kappa shape index (κ2) is 8.20. The Hall–Kier alpha value is -0.580. The third-order valence-corrected chi connectivity index (χ3v) is 7.06. The lowest BCUT2D eigenvalue weighted by molar-refractivity contribution is -0.139. The number of piperazine rings is 1. The van der Waals surface area contributed by atoms with Gasteiger partial charge in [0.25, 0.3) is 0 Å². The molecule has 2 heterocycles. The number of alkyl halides is 3. The van der Waals surface area contributed by atoms with Crippen LogP contribution in [0.3, 0.4) is 0 Å². The lowest BCUT2D eigenvalue weighted by Crippen LogP contribution is -2.49. The minimum Gasteiger partial charge on any atom is -0.314 e. The highest BCUT2D eigenvalue weighted by Crippen LogP contribution is 2.39. The van der Waals surface area contributed by atoms with Gasteiger partial charge in [0.05, 0.1) is 10.6 Å². The predicted octanol–water partition coefficient (Wildman–Crippen LogP) is 2.45. The number of nitrogens with one attached hydrogen (secondary N) is 1. The fourth-order valence-corrected chi connectivity index (χ4v) is 5.61. The molecule has 0 bridgehead atoms. The van der Waals surface area contributed by atoms with E-state index in [1.54, 1.807) is 0 Å². The second-order valence-corrected chi connectivity index (χ2v) is 8.49. The molecule has 5 nitrogen and oxygen atoms in total. The monoisotopic (exact) mass is 433 g/mol. The molecule has 0 aromatic heterocycles. The molecule has 1 unspecified atom stereocenters. The molecule has 0 spiro atoms. The molecule has 1 N–H and O–H groups in total. The fraction of sp³-hybridized carbons (Fsp3) is 0.600. The van der Waals surface area contributed by atoms with Gasteiger partial charge in [0.15, 0.2) is 0 Å². The average Bonchev–Trinajstić information content (AvgIpc) is 3.05. The van der Waals surface area contributed by atoms with E-state index in [4.69, 9.17) is 11.6 Å². The van der Waals surface area contributed by atoms with E-state index in [1.807, 2.05) is 0 Å². The van der Waals surface area contributed by atoms with Crippen LogP contribution in [0.1, 0.15) is 12.0 Å². The zero-order valence-electron chi connectivity index (χ0n) is 13.8. The summed E-state index contributed by atoms with van der Waals surface area (Å²) in [4.78, 5) is 1.34. The van der Waals surface area contributed by atoms with E-state index in [0.29, 0.717) is 6.42 Å². The zero-order chi connectivity index (χ0) is 18.2. The molecule has 0 amide bonds. The van der Waals surface area contributed by atoms with Crippen molar-refractivity contribution in [3.8, 4) is 0 Å². The van der Waals surface area contributed by atoms with Crippen LogP contribution < -0.4 is 5.32 Å². The number of nitrogens with zero attached hydrogens (tertiary/aromatic N) is 2. The maximum atomic E-state index is 13.3. The first-order valence-corrected chi connectivity index (χ1v) is 9.83. The summed E-state index contributed by atoms with van der Waals surface area (Å²) in [5.74, 6) is 0. The Kier molecular flexibility index (Phi) is 6.85. The maximum absolute atomic E-state index is 13.3. The van der Waals surface area contributed by atoms with Crippen molar-refractivity contribution >= 4 is 34.0 Å². The van der Waals surface area contributed by atoms with E-state index in [-0.39, 0.29) is 31.5 Å². The molecule has 148 valence electrons. The number of hydrogen-bond acceptors (Lipinski definition) is 4. The normalized spacial score (nSPS) is 23.0. The van der Waals surface area contributed by atoms with Gasteiger partial charge in [-0.05, 0) is 18.6 Å². The van der Waals surface area contributed by atoms with Crippen molar-refractivity contribution in [1.29, 1.82) is 0 Å². The summed E-state index contributed by atoms with van der Waals surface area (Å²) < 4.78 is 66.6. The van der Waals surface area contributed by atoms with Crippen molar-refractivity contribution in [2.45, 2.75) is 23.5 Å². The highest BCUT2D eigenvalue weighted by molar-refractivity contribution is 7.89. The van der Waals surface area contributed by atoms with Crippen molar-refractivity contribution in [3.63, 3.8) is 0 Å². The van der Waals surface area contributed by atoms with Crippen LogP contribution in [0.2, 0.25) is 5.02 Å². The van der Waals surface area contributed by atoms with Crippen LogP contribution in [0, 0.1) is 0 Å². The molecule has 1 atom stereocenters. The van der Waals surface area contributed by atoms with E-state index in [2.05, 4.69) is 10.2 Å². The van der Waals surface area contributed by atoms with Crippen molar-refractivity contribution in [2.24, 2.45) is 0 Å². The van der Waals surface area contributed by atoms with Crippen molar-refractivity contribution < 1.29 is 21.6 Å². The second-order valence-electron chi connectivity index (χ2n) is 6.21. The third-order valence-electron chi connectivity index (χ3n) is 4.66. The van der Waals surface area contributed by atoms with E-state index in [0.717, 1.165) is 42.6 Å². The maximum Gasteiger partial charge on any atom is 0.417 e. The van der Waals surface area contributed by atoms with Gasteiger partial charge < -0.3 is 5.32 Å². The molecule has 2 saturated heterocycles. The molecule has 2 aliphatic heterocycles. The minimum atomic E-state index is -4.79. The lowest BCUT2D eigenvalue weighted by Gasteiger charge is -2.32. The Morgan fingerprint density at radius 1 is 1.15 bits per heavy atom. The molecule has 0 radical (unpaired) electrons. The quantitative estimate of drug-likeness (QED) is 0.795. The summed E-state index contributed by atoms with van der Waals surface area (Å²) in [7, 11) is -4.32. The highest BCUT2D eigenvalue weighted by atomic mass is 35.5. The minimum absolute atomic E-state index is 0. The summed E-state index contributed by atoms with van der Waals surface area (Å²) in [6.45, 7) is 3.64. The predicted molar refractivity (Wildman–Crippen MR) is 95.3 cm³/mol.